The van der Waals surface area contributed by atoms with Crippen LogP contribution in [0.1, 0.15) is 46.3 Å². The average molecular weight is 282 g/mol. The molecule has 1 unspecified atom stereocenters. The maximum Gasteiger partial charge on any atom is 0.251 e. The smallest absolute Gasteiger partial charge is 0.251 e. The molecule has 0 spiro atoms. The molecule has 1 saturated carbocycles. The molecule has 108 valence electrons. The molecule has 0 aliphatic heterocycles. The minimum Gasteiger partial charge on any atom is -0.382 e. The summed E-state index contributed by atoms with van der Waals surface area (Å²) in [5.74, 6) is -0.0930. The molecule has 3 rings (SSSR count). The Morgan fingerprint density at radius 2 is 2.00 bits per heavy atom. The number of aryl methyl sites for hydroxylation is 1. The fourth-order valence-corrected chi connectivity index (χ4v) is 2.27. The lowest BCUT2D eigenvalue weighted by Crippen LogP contribution is -2.25. The molecule has 4 heteroatoms. The Kier molecular flexibility index (Phi) is 3.71. The van der Waals surface area contributed by atoms with Gasteiger partial charge in [-0.15, -0.1) is 0 Å². The minimum absolute atomic E-state index is 0.0930. The second-order valence-corrected chi connectivity index (χ2v) is 5.48. The second-order valence-electron chi connectivity index (χ2n) is 5.48. The number of pyridine rings is 1. The van der Waals surface area contributed by atoms with E-state index in [4.69, 9.17) is 0 Å². The van der Waals surface area contributed by atoms with E-state index in [1.54, 1.807) is 12.1 Å². The summed E-state index contributed by atoms with van der Waals surface area (Å²) in [4.78, 5) is 16.5. The van der Waals surface area contributed by atoms with Crippen LogP contribution in [-0.4, -0.2) is 22.0 Å². The van der Waals surface area contributed by atoms with E-state index >= 15 is 0 Å². The van der Waals surface area contributed by atoms with Gasteiger partial charge in [0, 0.05) is 17.3 Å². The van der Waals surface area contributed by atoms with Gasteiger partial charge in [0.1, 0.15) is 6.10 Å². The Bertz CT molecular complexity index is 651. The van der Waals surface area contributed by atoms with E-state index in [0.29, 0.717) is 17.3 Å². The van der Waals surface area contributed by atoms with Gasteiger partial charge in [-0.25, -0.2) is 0 Å². The van der Waals surface area contributed by atoms with Crippen LogP contribution in [0.25, 0.3) is 0 Å². The minimum atomic E-state index is -0.821. The van der Waals surface area contributed by atoms with Gasteiger partial charge in [-0.2, -0.15) is 0 Å². The molecule has 0 saturated heterocycles. The maximum absolute atomic E-state index is 12.1. The van der Waals surface area contributed by atoms with Crippen LogP contribution in [0.4, 0.5) is 0 Å². The van der Waals surface area contributed by atoms with Crippen LogP contribution in [0.2, 0.25) is 0 Å². The third kappa shape index (κ3) is 3.28. The van der Waals surface area contributed by atoms with E-state index < -0.39 is 6.10 Å². The van der Waals surface area contributed by atoms with Crippen LogP contribution in [0, 0.1) is 6.92 Å². The number of aromatic nitrogens is 1. The predicted molar refractivity (Wildman–Crippen MR) is 80.0 cm³/mol. The summed E-state index contributed by atoms with van der Waals surface area (Å²) in [5.41, 5.74) is 2.55. The summed E-state index contributed by atoms with van der Waals surface area (Å²) >= 11 is 0. The first-order chi connectivity index (χ1) is 10.1. The summed E-state index contributed by atoms with van der Waals surface area (Å²) in [6.45, 7) is 1.83. The van der Waals surface area contributed by atoms with Crippen LogP contribution in [0.3, 0.4) is 0 Å². The molecule has 1 heterocycles. The van der Waals surface area contributed by atoms with Crippen molar-refractivity contribution in [2.45, 2.75) is 31.9 Å². The molecular weight excluding hydrogens is 264 g/mol. The van der Waals surface area contributed by atoms with E-state index in [9.17, 15) is 9.90 Å². The number of nitrogens with one attached hydrogen (secondary N) is 1. The zero-order valence-electron chi connectivity index (χ0n) is 11.9. The molecule has 1 aliphatic carbocycles. The van der Waals surface area contributed by atoms with Gasteiger partial charge >= 0.3 is 0 Å². The fraction of sp³-hybridized carbons (Fsp3) is 0.294. The second kappa shape index (κ2) is 5.66. The van der Waals surface area contributed by atoms with Crippen molar-refractivity contribution in [3.8, 4) is 0 Å². The largest absolute Gasteiger partial charge is 0.382 e. The quantitative estimate of drug-likeness (QED) is 0.905. The molecule has 1 aliphatic rings. The first kappa shape index (κ1) is 13.8. The molecule has 0 bridgehead atoms. The van der Waals surface area contributed by atoms with Crippen molar-refractivity contribution in [3.05, 3.63) is 65.0 Å². The number of carbonyl (C=O) groups excluding carboxylic acids is 1. The molecule has 2 aromatic rings. The summed E-state index contributed by atoms with van der Waals surface area (Å²) in [6, 6.07) is 13.1. The molecule has 0 radical (unpaired) electrons. The zero-order valence-corrected chi connectivity index (χ0v) is 11.9. The third-order valence-corrected chi connectivity index (χ3v) is 3.54. The zero-order chi connectivity index (χ0) is 14.8. The molecule has 2 N–H and O–H groups in total. The van der Waals surface area contributed by atoms with Crippen molar-refractivity contribution in [3.63, 3.8) is 0 Å². The lowest BCUT2D eigenvalue weighted by Gasteiger charge is -2.13. The molecule has 1 amide bonds. The maximum atomic E-state index is 12.1. The molecule has 1 aromatic carbocycles. The molecular formula is C17H18N2O2. The number of aliphatic hydroxyl groups excluding tert-OH is 1. The van der Waals surface area contributed by atoms with Crippen molar-refractivity contribution < 1.29 is 9.90 Å². The van der Waals surface area contributed by atoms with Gasteiger partial charge in [0.2, 0.25) is 0 Å². The number of rotatable bonds is 4. The van der Waals surface area contributed by atoms with Crippen molar-refractivity contribution in [1.29, 1.82) is 0 Å². The van der Waals surface area contributed by atoms with Crippen molar-refractivity contribution in [2.75, 3.05) is 0 Å². The highest BCUT2D eigenvalue weighted by Crippen LogP contribution is 2.23. The normalized spacial score (nSPS) is 15.5. The topological polar surface area (TPSA) is 62.2 Å². The van der Waals surface area contributed by atoms with E-state index in [0.717, 1.165) is 24.1 Å². The lowest BCUT2D eigenvalue weighted by molar-refractivity contribution is 0.0950. The van der Waals surface area contributed by atoms with E-state index in [1.165, 1.54) is 0 Å². The number of carbonyl (C=O) groups is 1. The van der Waals surface area contributed by atoms with Gasteiger partial charge in [0.05, 0.1) is 5.69 Å². The Morgan fingerprint density at radius 1 is 1.29 bits per heavy atom. The van der Waals surface area contributed by atoms with Crippen LogP contribution < -0.4 is 5.32 Å². The summed E-state index contributed by atoms with van der Waals surface area (Å²) in [5, 5.41) is 13.4. The van der Waals surface area contributed by atoms with E-state index in [1.807, 2.05) is 37.3 Å². The fourth-order valence-electron chi connectivity index (χ4n) is 2.27. The van der Waals surface area contributed by atoms with Gasteiger partial charge in [-0.1, -0.05) is 30.3 Å². The SMILES string of the molecule is Cc1cc(C(=O)NC2CC2)cc(C(O)c2ccccc2)n1. The first-order valence-electron chi connectivity index (χ1n) is 7.16. The first-order valence-corrected chi connectivity index (χ1v) is 7.16. The Balaban J connectivity index is 1.88. The molecule has 4 nitrogen and oxygen atoms in total. The number of nitrogens with zero attached hydrogens (tertiary/aromatic N) is 1. The highest BCUT2D eigenvalue weighted by Gasteiger charge is 2.24. The van der Waals surface area contributed by atoms with Gasteiger partial charge in [0.25, 0.3) is 5.91 Å². The molecule has 21 heavy (non-hydrogen) atoms. The Labute approximate surface area is 123 Å². The molecule has 1 aromatic heterocycles. The molecule has 1 atom stereocenters. The number of hydrogen-bond donors (Lipinski definition) is 2. The number of benzene rings is 1. The van der Waals surface area contributed by atoms with E-state index in [2.05, 4.69) is 10.3 Å². The highest BCUT2D eigenvalue weighted by atomic mass is 16.3. The van der Waals surface area contributed by atoms with Gasteiger partial charge < -0.3 is 10.4 Å². The number of aliphatic hydroxyl groups is 1. The van der Waals surface area contributed by atoms with Crippen LogP contribution in [0.15, 0.2) is 42.5 Å². The third-order valence-electron chi connectivity index (χ3n) is 3.54. The highest BCUT2D eigenvalue weighted by molar-refractivity contribution is 5.94. The monoisotopic (exact) mass is 282 g/mol. The van der Waals surface area contributed by atoms with Crippen molar-refractivity contribution >= 4 is 5.91 Å². The van der Waals surface area contributed by atoms with Crippen molar-refractivity contribution in [2.24, 2.45) is 0 Å². The number of amides is 1. The lowest BCUT2D eigenvalue weighted by atomic mass is 10.0. The molecule has 1 fully saturated rings. The van der Waals surface area contributed by atoms with Gasteiger partial charge in [0.15, 0.2) is 0 Å². The standard InChI is InChI=1S/C17H18N2O2/c1-11-9-13(17(21)19-14-7-8-14)10-15(18-11)16(20)12-5-3-2-4-6-12/h2-6,9-10,14,16,20H,7-8H2,1H3,(H,19,21). The van der Waals surface area contributed by atoms with Crippen LogP contribution in [-0.2, 0) is 0 Å². The predicted octanol–water partition coefficient (Wildman–Crippen LogP) is 2.36. The van der Waals surface area contributed by atoms with Crippen LogP contribution >= 0.6 is 0 Å². The van der Waals surface area contributed by atoms with Crippen LogP contribution in [0.5, 0.6) is 0 Å². The van der Waals surface area contributed by atoms with Crippen molar-refractivity contribution in [1.82, 2.24) is 10.3 Å². The summed E-state index contributed by atoms with van der Waals surface area (Å²) in [7, 11) is 0. The summed E-state index contributed by atoms with van der Waals surface area (Å²) < 4.78 is 0. The van der Waals surface area contributed by atoms with Gasteiger partial charge in [-0.05, 0) is 37.5 Å². The van der Waals surface area contributed by atoms with Gasteiger partial charge in [-0.3, -0.25) is 9.78 Å². The average Bonchev–Trinajstić information content (AvgIpc) is 3.30. The summed E-state index contributed by atoms with van der Waals surface area (Å²) in [6.07, 6.45) is 1.28. The Morgan fingerprint density at radius 3 is 2.67 bits per heavy atom. The Hall–Kier alpha value is -2.20. The van der Waals surface area contributed by atoms with E-state index in [-0.39, 0.29) is 5.91 Å². The number of hydrogen-bond acceptors (Lipinski definition) is 3.